The zero-order valence-electron chi connectivity index (χ0n) is 11.1. The molecule has 0 aliphatic carbocycles. The summed E-state index contributed by atoms with van der Waals surface area (Å²) < 4.78 is 1.01. The topological polar surface area (TPSA) is 37.4 Å². The zero-order chi connectivity index (χ0) is 14.8. The van der Waals surface area contributed by atoms with Crippen LogP contribution in [0.15, 0.2) is 59.1 Å². The first-order valence-electron chi connectivity index (χ1n) is 6.54. The minimum atomic E-state index is -0.226. The van der Waals surface area contributed by atoms with E-state index in [1.807, 2.05) is 36.4 Å². The molecule has 104 valence electrons. The molecule has 0 atom stereocenters. The predicted molar refractivity (Wildman–Crippen MR) is 85.0 cm³/mol. The van der Waals surface area contributed by atoms with Crippen LogP contribution in [-0.2, 0) is 0 Å². The monoisotopic (exact) mass is 341 g/mol. The van der Waals surface area contributed by atoms with Gasteiger partial charge in [-0.25, -0.2) is 0 Å². The fraction of sp³-hybridized carbons (Fsp3) is 0.0588. The molecule has 0 spiro atoms. The molecule has 21 heavy (non-hydrogen) atoms. The van der Waals surface area contributed by atoms with E-state index in [0.29, 0.717) is 11.1 Å². The summed E-state index contributed by atoms with van der Waals surface area (Å²) in [5.41, 5.74) is 1.99. The fourth-order valence-corrected chi connectivity index (χ4v) is 2.54. The third kappa shape index (κ3) is 2.67. The quantitative estimate of drug-likeness (QED) is 0.797. The largest absolute Gasteiger partial charge is 0.270 e. The van der Waals surface area contributed by atoms with Crippen LogP contribution in [0.4, 0.5) is 0 Å². The second-order valence-electron chi connectivity index (χ2n) is 4.72. The minimum absolute atomic E-state index is 0.226. The summed E-state index contributed by atoms with van der Waals surface area (Å²) in [4.78, 5) is 25.6. The average Bonchev–Trinajstić information content (AvgIpc) is 2.75. The van der Waals surface area contributed by atoms with Gasteiger partial charge in [0.2, 0.25) is 0 Å². The Morgan fingerprint density at radius 2 is 1.48 bits per heavy atom. The fourth-order valence-electron chi connectivity index (χ4n) is 2.27. The number of hydrogen-bond donors (Lipinski definition) is 0. The smallest absolute Gasteiger partial charge is 0.261 e. The number of imide groups is 1. The molecule has 0 N–H and O–H groups in total. The second kappa shape index (κ2) is 5.66. The molecule has 4 heteroatoms. The maximum Gasteiger partial charge on any atom is 0.261 e. The Morgan fingerprint density at radius 1 is 0.905 bits per heavy atom. The van der Waals surface area contributed by atoms with Gasteiger partial charge in [0.15, 0.2) is 0 Å². The van der Waals surface area contributed by atoms with Crippen LogP contribution in [0, 0.1) is 0 Å². The van der Waals surface area contributed by atoms with Crippen LogP contribution in [0.3, 0.4) is 0 Å². The van der Waals surface area contributed by atoms with Crippen LogP contribution in [0.5, 0.6) is 0 Å². The van der Waals surface area contributed by atoms with Crippen molar-refractivity contribution in [1.29, 1.82) is 0 Å². The number of halogens is 1. The lowest BCUT2D eigenvalue weighted by molar-refractivity contribution is 0.0672. The number of rotatable bonds is 3. The molecule has 1 heterocycles. The Balaban J connectivity index is 1.74. The molecule has 3 nitrogen and oxygen atoms in total. The Morgan fingerprint density at radius 3 is 2.05 bits per heavy atom. The van der Waals surface area contributed by atoms with Crippen molar-refractivity contribution in [2.45, 2.75) is 0 Å². The van der Waals surface area contributed by atoms with Crippen molar-refractivity contribution in [1.82, 2.24) is 4.90 Å². The van der Waals surface area contributed by atoms with Gasteiger partial charge < -0.3 is 0 Å². The van der Waals surface area contributed by atoms with E-state index in [0.717, 1.165) is 10.0 Å². The van der Waals surface area contributed by atoms with Crippen LogP contribution in [0.2, 0.25) is 0 Å². The van der Waals surface area contributed by atoms with Crippen molar-refractivity contribution in [2.75, 3.05) is 6.54 Å². The molecule has 1 aliphatic heterocycles. The molecule has 0 aromatic heterocycles. The van der Waals surface area contributed by atoms with Gasteiger partial charge in [-0.3, -0.25) is 14.5 Å². The molecule has 0 bridgehead atoms. The van der Waals surface area contributed by atoms with Crippen LogP contribution in [-0.4, -0.2) is 23.3 Å². The van der Waals surface area contributed by atoms with Gasteiger partial charge in [0.1, 0.15) is 0 Å². The summed E-state index contributed by atoms with van der Waals surface area (Å²) >= 11 is 3.38. The summed E-state index contributed by atoms with van der Waals surface area (Å²) in [6.07, 6.45) is 3.72. The first-order valence-corrected chi connectivity index (χ1v) is 7.33. The summed E-state index contributed by atoms with van der Waals surface area (Å²) in [5, 5.41) is 0. The van der Waals surface area contributed by atoms with Crippen LogP contribution < -0.4 is 0 Å². The van der Waals surface area contributed by atoms with Crippen molar-refractivity contribution in [3.8, 4) is 0 Å². The van der Waals surface area contributed by atoms with Crippen molar-refractivity contribution in [2.24, 2.45) is 0 Å². The molecule has 0 radical (unpaired) electrons. The van der Waals surface area contributed by atoms with E-state index in [4.69, 9.17) is 0 Å². The summed E-state index contributed by atoms with van der Waals surface area (Å²) in [7, 11) is 0. The van der Waals surface area contributed by atoms with Gasteiger partial charge >= 0.3 is 0 Å². The van der Waals surface area contributed by atoms with Crippen molar-refractivity contribution in [3.05, 3.63) is 75.8 Å². The first-order chi connectivity index (χ1) is 10.2. The van der Waals surface area contributed by atoms with Gasteiger partial charge in [-0.1, -0.05) is 52.3 Å². The highest BCUT2D eigenvalue weighted by molar-refractivity contribution is 9.10. The lowest BCUT2D eigenvalue weighted by Gasteiger charge is -2.10. The maximum absolute atomic E-state index is 12.2. The third-order valence-corrected chi connectivity index (χ3v) is 3.88. The number of carbonyl (C=O) groups excluding carboxylic acids is 2. The van der Waals surface area contributed by atoms with Crippen LogP contribution in [0.25, 0.3) is 6.08 Å². The second-order valence-corrected chi connectivity index (χ2v) is 5.64. The lowest BCUT2D eigenvalue weighted by Crippen LogP contribution is -2.29. The van der Waals surface area contributed by atoms with E-state index in [1.54, 1.807) is 24.3 Å². The van der Waals surface area contributed by atoms with E-state index >= 15 is 0 Å². The number of benzene rings is 2. The summed E-state index contributed by atoms with van der Waals surface area (Å²) in [6, 6.07) is 14.7. The average molecular weight is 342 g/mol. The highest BCUT2D eigenvalue weighted by Crippen LogP contribution is 2.22. The Labute approximate surface area is 131 Å². The van der Waals surface area contributed by atoms with Gasteiger partial charge in [0.05, 0.1) is 11.1 Å². The number of carbonyl (C=O) groups is 2. The van der Waals surface area contributed by atoms with E-state index in [1.165, 1.54) is 4.90 Å². The Hall–Kier alpha value is -2.20. The highest BCUT2D eigenvalue weighted by atomic mass is 79.9. The van der Waals surface area contributed by atoms with Crippen molar-refractivity contribution >= 4 is 33.8 Å². The maximum atomic E-state index is 12.2. The van der Waals surface area contributed by atoms with Crippen molar-refractivity contribution in [3.63, 3.8) is 0 Å². The van der Waals surface area contributed by atoms with Crippen LogP contribution >= 0.6 is 15.9 Å². The number of amides is 2. The highest BCUT2D eigenvalue weighted by Gasteiger charge is 2.33. The molecular formula is C17H12BrNO2. The molecule has 1 aliphatic rings. The van der Waals surface area contributed by atoms with Crippen LogP contribution in [0.1, 0.15) is 26.3 Å². The predicted octanol–water partition coefficient (Wildman–Crippen LogP) is 3.76. The SMILES string of the molecule is O=C1c2ccccc2C(=O)N1CC=Cc1ccc(Br)cc1. The van der Waals surface area contributed by atoms with Gasteiger partial charge in [-0.2, -0.15) is 0 Å². The molecule has 2 aromatic carbocycles. The number of nitrogens with zero attached hydrogens (tertiary/aromatic N) is 1. The number of hydrogen-bond acceptors (Lipinski definition) is 2. The molecule has 0 fully saturated rings. The van der Waals surface area contributed by atoms with E-state index in [9.17, 15) is 9.59 Å². The van der Waals surface area contributed by atoms with Gasteiger partial charge in [0, 0.05) is 11.0 Å². The first kappa shape index (κ1) is 13.8. The standard InChI is InChI=1S/C17H12BrNO2/c18-13-9-7-12(8-10-13)4-3-11-19-16(20)14-5-1-2-6-15(14)17(19)21/h1-10H,11H2. The molecule has 2 aromatic rings. The normalized spacial score (nSPS) is 14.0. The lowest BCUT2D eigenvalue weighted by atomic mass is 10.1. The molecule has 3 rings (SSSR count). The van der Waals surface area contributed by atoms with E-state index < -0.39 is 0 Å². The van der Waals surface area contributed by atoms with Gasteiger partial charge in [-0.05, 0) is 29.8 Å². The molecule has 0 unspecified atom stereocenters. The Bertz CT molecular complexity index is 700. The van der Waals surface area contributed by atoms with Gasteiger partial charge in [0.25, 0.3) is 11.8 Å². The van der Waals surface area contributed by atoms with E-state index in [2.05, 4.69) is 15.9 Å². The molecular weight excluding hydrogens is 330 g/mol. The van der Waals surface area contributed by atoms with E-state index in [-0.39, 0.29) is 18.4 Å². The minimum Gasteiger partial charge on any atom is -0.270 e. The molecule has 2 amide bonds. The summed E-state index contributed by atoms with van der Waals surface area (Å²) in [6.45, 7) is 0.280. The third-order valence-electron chi connectivity index (χ3n) is 3.35. The molecule has 0 saturated heterocycles. The van der Waals surface area contributed by atoms with Gasteiger partial charge in [-0.15, -0.1) is 0 Å². The Kier molecular flexibility index (Phi) is 3.71. The molecule has 0 saturated carbocycles. The number of fused-ring (bicyclic) bond motifs is 1. The van der Waals surface area contributed by atoms with Crippen molar-refractivity contribution < 1.29 is 9.59 Å². The summed E-state index contributed by atoms with van der Waals surface area (Å²) in [5.74, 6) is -0.452. The zero-order valence-corrected chi connectivity index (χ0v) is 12.7.